The standard InChI is InChI=1S/C11H13N3O5/c15-9-2-1-5-12(7-9)10-4-3-8(13(16)17)6-11(10)14(18)19/h3-4,6,9,15H,1-2,5,7H2. The summed E-state index contributed by atoms with van der Waals surface area (Å²) in [5, 5.41) is 31.3. The molecule has 2 rings (SSSR count). The van der Waals surface area contributed by atoms with Crippen LogP contribution in [0.4, 0.5) is 17.1 Å². The molecule has 8 nitrogen and oxygen atoms in total. The first-order valence-corrected chi connectivity index (χ1v) is 5.85. The second-order valence-electron chi connectivity index (χ2n) is 4.43. The van der Waals surface area contributed by atoms with Gasteiger partial charge in [0.25, 0.3) is 11.4 Å². The maximum Gasteiger partial charge on any atom is 0.299 e. The summed E-state index contributed by atoms with van der Waals surface area (Å²) in [7, 11) is 0. The van der Waals surface area contributed by atoms with Gasteiger partial charge in [0.15, 0.2) is 0 Å². The molecule has 0 bridgehead atoms. The Morgan fingerprint density at radius 3 is 2.58 bits per heavy atom. The van der Waals surface area contributed by atoms with Crippen molar-refractivity contribution in [2.24, 2.45) is 0 Å². The monoisotopic (exact) mass is 267 g/mol. The highest BCUT2D eigenvalue weighted by Gasteiger charge is 2.26. The van der Waals surface area contributed by atoms with Gasteiger partial charge in [-0.1, -0.05) is 0 Å². The highest BCUT2D eigenvalue weighted by atomic mass is 16.6. The summed E-state index contributed by atoms with van der Waals surface area (Å²) in [5.41, 5.74) is -0.300. The molecular formula is C11H13N3O5. The summed E-state index contributed by atoms with van der Waals surface area (Å²) in [4.78, 5) is 22.0. The van der Waals surface area contributed by atoms with Gasteiger partial charge in [0.05, 0.1) is 22.0 Å². The molecule has 0 saturated carbocycles. The van der Waals surface area contributed by atoms with Crippen LogP contribution in [-0.2, 0) is 0 Å². The zero-order chi connectivity index (χ0) is 14.0. The summed E-state index contributed by atoms with van der Waals surface area (Å²) in [6.45, 7) is 0.897. The van der Waals surface area contributed by atoms with Crippen molar-refractivity contribution in [3.8, 4) is 0 Å². The Morgan fingerprint density at radius 1 is 1.26 bits per heavy atom. The van der Waals surface area contributed by atoms with E-state index >= 15 is 0 Å². The topological polar surface area (TPSA) is 110 Å². The number of anilines is 1. The Labute approximate surface area is 108 Å². The lowest BCUT2D eigenvalue weighted by molar-refractivity contribution is -0.393. The Kier molecular flexibility index (Phi) is 3.61. The van der Waals surface area contributed by atoms with E-state index in [1.54, 1.807) is 4.90 Å². The fourth-order valence-corrected chi connectivity index (χ4v) is 2.21. The average molecular weight is 267 g/mol. The lowest BCUT2D eigenvalue weighted by Crippen LogP contribution is -2.38. The lowest BCUT2D eigenvalue weighted by Gasteiger charge is -2.31. The minimum absolute atomic E-state index is 0.302. The number of benzene rings is 1. The van der Waals surface area contributed by atoms with Gasteiger partial charge in [-0.25, -0.2) is 0 Å². The van der Waals surface area contributed by atoms with Crippen molar-refractivity contribution in [3.63, 3.8) is 0 Å². The highest BCUT2D eigenvalue weighted by Crippen LogP contribution is 2.33. The summed E-state index contributed by atoms with van der Waals surface area (Å²) < 4.78 is 0. The van der Waals surface area contributed by atoms with Crippen LogP contribution >= 0.6 is 0 Å². The third-order valence-electron chi connectivity index (χ3n) is 3.10. The third-order valence-corrected chi connectivity index (χ3v) is 3.10. The summed E-state index contributed by atoms with van der Waals surface area (Å²) in [5.74, 6) is 0. The number of aliphatic hydroxyl groups excluding tert-OH is 1. The van der Waals surface area contributed by atoms with Gasteiger partial charge in [-0.3, -0.25) is 20.2 Å². The first-order valence-electron chi connectivity index (χ1n) is 5.85. The Balaban J connectivity index is 2.38. The second kappa shape index (κ2) is 5.19. The normalized spacial score (nSPS) is 19.2. The number of aliphatic hydroxyl groups is 1. The highest BCUT2D eigenvalue weighted by molar-refractivity contribution is 5.67. The first kappa shape index (κ1) is 13.2. The minimum Gasteiger partial charge on any atom is -0.391 e. The molecule has 1 aromatic carbocycles. The first-order chi connectivity index (χ1) is 8.99. The molecular weight excluding hydrogens is 254 g/mol. The summed E-state index contributed by atoms with van der Waals surface area (Å²) in [6.07, 6.45) is 0.871. The number of hydrogen-bond donors (Lipinski definition) is 1. The fourth-order valence-electron chi connectivity index (χ4n) is 2.21. The molecule has 0 aliphatic carbocycles. The number of rotatable bonds is 3. The summed E-state index contributed by atoms with van der Waals surface area (Å²) in [6, 6.07) is 3.56. The van der Waals surface area contributed by atoms with Gasteiger partial charge < -0.3 is 10.0 Å². The van der Waals surface area contributed by atoms with Crippen molar-refractivity contribution in [2.45, 2.75) is 18.9 Å². The van der Waals surface area contributed by atoms with Gasteiger partial charge in [-0.2, -0.15) is 0 Å². The van der Waals surface area contributed by atoms with Crippen molar-refractivity contribution < 1.29 is 15.0 Å². The molecule has 1 fully saturated rings. The van der Waals surface area contributed by atoms with Crippen LogP contribution in [0.5, 0.6) is 0 Å². The van der Waals surface area contributed by atoms with Gasteiger partial charge in [0.2, 0.25) is 0 Å². The molecule has 8 heteroatoms. The smallest absolute Gasteiger partial charge is 0.299 e. The van der Waals surface area contributed by atoms with E-state index in [2.05, 4.69) is 0 Å². The molecule has 0 aromatic heterocycles. The van der Waals surface area contributed by atoms with E-state index in [1.165, 1.54) is 12.1 Å². The molecule has 1 aliphatic rings. The molecule has 0 amide bonds. The lowest BCUT2D eigenvalue weighted by atomic mass is 10.1. The molecule has 0 spiro atoms. The molecule has 102 valence electrons. The number of β-amino-alcohol motifs (C(OH)–C–C–N with tert-alkyl or cyclic N) is 1. The average Bonchev–Trinajstić information content (AvgIpc) is 2.37. The predicted molar refractivity (Wildman–Crippen MR) is 67.2 cm³/mol. The summed E-state index contributed by atoms with van der Waals surface area (Å²) >= 11 is 0. The second-order valence-corrected chi connectivity index (χ2v) is 4.43. The predicted octanol–water partition coefficient (Wildman–Crippen LogP) is 1.46. The molecule has 1 aromatic rings. The number of nitro groups is 2. The Morgan fingerprint density at radius 2 is 2.00 bits per heavy atom. The van der Waals surface area contributed by atoms with Crippen LogP contribution < -0.4 is 4.90 Å². The molecule has 1 unspecified atom stereocenters. The van der Waals surface area contributed by atoms with E-state index in [0.717, 1.165) is 12.5 Å². The van der Waals surface area contributed by atoms with Gasteiger partial charge in [0, 0.05) is 19.2 Å². The van der Waals surface area contributed by atoms with Crippen molar-refractivity contribution >= 4 is 17.1 Å². The maximum absolute atomic E-state index is 11.0. The van der Waals surface area contributed by atoms with Gasteiger partial charge >= 0.3 is 0 Å². The van der Waals surface area contributed by atoms with Crippen molar-refractivity contribution in [3.05, 3.63) is 38.4 Å². The number of piperidine rings is 1. The van der Waals surface area contributed by atoms with Crippen LogP contribution in [0, 0.1) is 20.2 Å². The number of nitro benzene ring substituents is 2. The van der Waals surface area contributed by atoms with Crippen LogP contribution in [0.25, 0.3) is 0 Å². The van der Waals surface area contributed by atoms with Gasteiger partial charge in [0.1, 0.15) is 5.69 Å². The molecule has 1 saturated heterocycles. The Hall–Kier alpha value is -2.22. The van der Waals surface area contributed by atoms with Crippen LogP contribution in [0.15, 0.2) is 18.2 Å². The number of hydrogen-bond acceptors (Lipinski definition) is 6. The molecule has 1 N–H and O–H groups in total. The van der Waals surface area contributed by atoms with E-state index in [9.17, 15) is 25.3 Å². The van der Waals surface area contributed by atoms with E-state index in [-0.39, 0.29) is 11.4 Å². The number of nitrogens with zero attached hydrogens (tertiary/aromatic N) is 3. The van der Waals surface area contributed by atoms with E-state index < -0.39 is 16.0 Å². The zero-order valence-corrected chi connectivity index (χ0v) is 10.1. The van der Waals surface area contributed by atoms with Crippen LogP contribution in [0.1, 0.15) is 12.8 Å². The molecule has 1 aliphatic heterocycles. The van der Waals surface area contributed by atoms with E-state index in [0.29, 0.717) is 25.2 Å². The SMILES string of the molecule is O=[N+]([O-])c1ccc(N2CCCC(O)C2)c([N+](=O)[O-])c1. The maximum atomic E-state index is 11.0. The molecule has 1 heterocycles. The van der Waals surface area contributed by atoms with Crippen molar-refractivity contribution in [1.29, 1.82) is 0 Å². The fraction of sp³-hybridized carbons (Fsp3) is 0.455. The van der Waals surface area contributed by atoms with Crippen LogP contribution in [-0.4, -0.2) is 34.1 Å². The molecule has 19 heavy (non-hydrogen) atoms. The van der Waals surface area contributed by atoms with Crippen molar-refractivity contribution in [1.82, 2.24) is 0 Å². The van der Waals surface area contributed by atoms with Crippen molar-refractivity contribution in [2.75, 3.05) is 18.0 Å². The largest absolute Gasteiger partial charge is 0.391 e. The quantitative estimate of drug-likeness (QED) is 0.655. The van der Waals surface area contributed by atoms with Gasteiger partial charge in [-0.05, 0) is 18.9 Å². The van der Waals surface area contributed by atoms with E-state index in [1.807, 2.05) is 0 Å². The minimum atomic E-state index is -0.665. The van der Waals surface area contributed by atoms with Gasteiger partial charge in [-0.15, -0.1) is 0 Å². The van der Waals surface area contributed by atoms with Crippen LogP contribution in [0.2, 0.25) is 0 Å². The Bertz CT molecular complexity index is 519. The molecule has 1 atom stereocenters. The van der Waals surface area contributed by atoms with Crippen LogP contribution in [0.3, 0.4) is 0 Å². The zero-order valence-electron chi connectivity index (χ0n) is 10.1. The van der Waals surface area contributed by atoms with E-state index in [4.69, 9.17) is 0 Å². The third kappa shape index (κ3) is 2.79. The molecule has 0 radical (unpaired) electrons. The number of non-ortho nitro benzene ring substituents is 1.